The number of nitrogen functional groups attached to an aromatic ring is 2. The number of rotatable bonds is 8. The van der Waals surface area contributed by atoms with Gasteiger partial charge in [0.1, 0.15) is 5.75 Å². The second-order valence-corrected chi connectivity index (χ2v) is 9.02. The van der Waals surface area contributed by atoms with Crippen molar-refractivity contribution in [1.82, 2.24) is 0 Å². The van der Waals surface area contributed by atoms with Gasteiger partial charge in [-0.15, -0.1) is 0 Å². The van der Waals surface area contributed by atoms with Crippen molar-refractivity contribution in [3.05, 3.63) is 87.5 Å². The predicted molar refractivity (Wildman–Crippen MR) is 137 cm³/mol. The van der Waals surface area contributed by atoms with Crippen molar-refractivity contribution in [2.75, 3.05) is 11.5 Å². The summed E-state index contributed by atoms with van der Waals surface area (Å²) >= 11 is 0. The molecule has 1 aliphatic carbocycles. The zero-order valence-corrected chi connectivity index (χ0v) is 20.1. The average Bonchev–Trinajstić information content (AvgIpc) is 2.84. The van der Waals surface area contributed by atoms with Crippen LogP contribution in [-0.4, -0.2) is 17.5 Å². The highest BCUT2D eigenvalue weighted by Crippen LogP contribution is 2.36. The van der Waals surface area contributed by atoms with Crippen LogP contribution in [0.1, 0.15) is 92.4 Å². The van der Waals surface area contributed by atoms with Crippen LogP contribution >= 0.6 is 0 Å². The molecule has 0 amide bonds. The molecule has 0 bridgehead atoms. The molecule has 35 heavy (non-hydrogen) atoms. The second kappa shape index (κ2) is 10.1. The third-order valence-corrected chi connectivity index (χ3v) is 6.58. The largest absolute Gasteiger partial charge is 0.423 e. The van der Waals surface area contributed by atoms with E-state index in [9.17, 15) is 14.4 Å². The van der Waals surface area contributed by atoms with Crippen molar-refractivity contribution in [3.63, 3.8) is 0 Å². The molecule has 0 atom stereocenters. The summed E-state index contributed by atoms with van der Waals surface area (Å²) in [5.74, 6) is -1.12. The zero-order valence-electron chi connectivity index (χ0n) is 20.1. The van der Waals surface area contributed by atoms with E-state index in [2.05, 4.69) is 6.92 Å². The smallest absolute Gasteiger partial charge is 0.345 e. The maximum absolute atomic E-state index is 13.2. The molecule has 0 heterocycles. The van der Waals surface area contributed by atoms with Gasteiger partial charge in [0.15, 0.2) is 11.6 Å². The van der Waals surface area contributed by atoms with Gasteiger partial charge < -0.3 is 16.2 Å². The van der Waals surface area contributed by atoms with Gasteiger partial charge in [0.25, 0.3) is 0 Å². The quantitative estimate of drug-likeness (QED) is 0.149. The highest BCUT2D eigenvalue weighted by Gasteiger charge is 2.35. The van der Waals surface area contributed by atoms with Crippen molar-refractivity contribution >= 4 is 28.9 Å². The van der Waals surface area contributed by atoms with Gasteiger partial charge in [-0.1, -0.05) is 50.8 Å². The zero-order chi connectivity index (χ0) is 25.1. The number of carbonyl (C=O) groups excluding carboxylic acids is 3. The summed E-state index contributed by atoms with van der Waals surface area (Å²) in [6, 6.07) is 13.5. The molecule has 0 aliphatic heterocycles. The van der Waals surface area contributed by atoms with Crippen LogP contribution in [0.2, 0.25) is 0 Å². The summed E-state index contributed by atoms with van der Waals surface area (Å²) in [7, 11) is 0. The fourth-order valence-electron chi connectivity index (χ4n) is 4.48. The van der Waals surface area contributed by atoms with Gasteiger partial charge in [0, 0.05) is 16.8 Å². The summed E-state index contributed by atoms with van der Waals surface area (Å²) in [4.78, 5) is 39.2. The fraction of sp³-hybridized carbons (Fsp3) is 0.276. The highest BCUT2D eigenvalue weighted by molar-refractivity contribution is 6.32. The van der Waals surface area contributed by atoms with Crippen LogP contribution in [0, 0.1) is 6.92 Å². The van der Waals surface area contributed by atoms with Crippen molar-refractivity contribution in [2.45, 2.75) is 52.4 Å². The van der Waals surface area contributed by atoms with Gasteiger partial charge in [0.05, 0.1) is 22.4 Å². The number of nitrogens with two attached hydrogens (primary N) is 2. The Morgan fingerprint density at radius 1 is 0.771 bits per heavy atom. The van der Waals surface area contributed by atoms with Crippen molar-refractivity contribution in [3.8, 4) is 5.75 Å². The van der Waals surface area contributed by atoms with E-state index in [0.29, 0.717) is 11.3 Å². The molecule has 1 aliphatic rings. The molecule has 3 aromatic carbocycles. The summed E-state index contributed by atoms with van der Waals surface area (Å²) in [6.45, 7) is 3.97. The Morgan fingerprint density at radius 3 is 2.03 bits per heavy atom. The van der Waals surface area contributed by atoms with Crippen LogP contribution < -0.4 is 16.2 Å². The lowest BCUT2D eigenvalue weighted by atomic mass is 9.81. The van der Waals surface area contributed by atoms with Crippen molar-refractivity contribution < 1.29 is 19.1 Å². The normalized spacial score (nSPS) is 12.3. The van der Waals surface area contributed by atoms with E-state index in [4.69, 9.17) is 16.2 Å². The minimum absolute atomic E-state index is 0.0126. The molecule has 0 saturated heterocycles. The highest BCUT2D eigenvalue weighted by atomic mass is 16.5. The van der Waals surface area contributed by atoms with Crippen LogP contribution in [0.25, 0.3) is 0 Å². The third kappa shape index (κ3) is 4.69. The lowest BCUT2D eigenvalue weighted by Gasteiger charge is -2.22. The number of benzene rings is 3. The Morgan fingerprint density at radius 2 is 1.37 bits per heavy atom. The molecular formula is C29H30N2O4. The van der Waals surface area contributed by atoms with Crippen LogP contribution in [0.15, 0.2) is 48.5 Å². The fourth-order valence-corrected chi connectivity index (χ4v) is 4.48. The first-order valence-electron chi connectivity index (χ1n) is 12.1. The Balaban J connectivity index is 1.52. The number of ether oxygens (including phenoxy) is 1. The minimum atomic E-state index is -0.688. The van der Waals surface area contributed by atoms with E-state index in [1.807, 2.05) is 12.1 Å². The Bertz CT molecular complexity index is 1310. The predicted octanol–water partition coefficient (Wildman–Crippen LogP) is 5.67. The maximum Gasteiger partial charge on any atom is 0.345 e. The number of hydrogen-bond acceptors (Lipinski definition) is 6. The molecule has 0 aromatic heterocycles. The summed E-state index contributed by atoms with van der Waals surface area (Å²) in [6.07, 6.45) is 7.06. The number of hydrogen-bond donors (Lipinski definition) is 2. The van der Waals surface area contributed by atoms with Gasteiger partial charge in [0.2, 0.25) is 0 Å². The van der Waals surface area contributed by atoms with Crippen molar-refractivity contribution in [1.29, 1.82) is 0 Å². The number of fused-ring (bicyclic) bond motifs is 2. The lowest BCUT2D eigenvalue weighted by molar-refractivity contribution is 0.0735. The van der Waals surface area contributed by atoms with E-state index in [0.717, 1.165) is 12.8 Å². The van der Waals surface area contributed by atoms with E-state index < -0.39 is 11.8 Å². The molecule has 0 saturated carbocycles. The number of esters is 1. The number of aryl methyl sites for hydroxylation is 2. The van der Waals surface area contributed by atoms with E-state index in [-0.39, 0.29) is 45.0 Å². The van der Waals surface area contributed by atoms with Gasteiger partial charge in [-0.3, -0.25) is 9.59 Å². The second-order valence-electron chi connectivity index (χ2n) is 9.02. The van der Waals surface area contributed by atoms with E-state index >= 15 is 0 Å². The minimum Gasteiger partial charge on any atom is -0.423 e. The molecule has 4 rings (SSSR count). The molecule has 6 nitrogen and oxygen atoms in total. The molecule has 4 N–H and O–H groups in total. The number of carbonyl (C=O) groups is 3. The molecule has 6 heteroatoms. The van der Waals surface area contributed by atoms with E-state index in [1.54, 1.807) is 31.2 Å². The first kappa shape index (κ1) is 24.2. The number of ketones is 2. The van der Waals surface area contributed by atoms with Gasteiger partial charge in [-0.05, 0) is 61.2 Å². The van der Waals surface area contributed by atoms with Crippen LogP contribution in [0.3, 0.4) is 0 Å². The van der Waals surface area contributed by atoms with Gasteiger partial charge in [-0.25, -0.2) is 4.79 Å². The van der Waals surface area contributed by atoms with Crippen molar-refractivity contribution in [2.24, 2.45) is 0 Å². The van der Waals surface area contributed by atoms with E-state index in [1.165, 1.54) is 43.4 Å². The lowest BCUT2D eigenvalue weighted by Crippen LogP contribution is -2.25. The van der Waals surface area contributed by atoms with Crippen LogP contribution in [-0.2, 0) is 6.42 Å². The number of anilines is 2. The molecule has 180 valence electrons. The third-order valence-electron chi connectivity index (χ3n) is 6.58. The van der Waals surface area contributed by atoms with Crippen LogP contribution in [0.4, 0.5) is 11.4 Å². The number of unbranched alkanes of at least 4 members (excludes halogenated alkanes) is 4. The molecule has 0 spiro atoms. The Hall–Kier alpha value is -3.93. The van der Waals surface area contributed by atoms with Gasteiger partial charge >= 0.3 is 5.97 Å². The SMILES string of the molecule is CCCCCCCc1ccc(OC(=O)c2ccc3c(c2N)C(=O)c2ccc(C)c(N)c2C3=O)cc1. The Kier molecular flexibility index (Phi) is 7.01. The molecule has 0 fully saturated rings. The molecule has 3 aromatic rings. The van der Waals surface area contributed by atoms with Gasteiger partial charge in [-0.2, -0.15) is 0 Å². The van der Waals surface area contributed by atoms with Crippen LogP contribution in [0.5, 0.6) is 5.75 Å². The Labute approximate surface area is 205 Å². The maximum atomic E-state index is 13.2. The first-order chi connectivity index (χ1) is 16.8. The summed E-state index contributed by atoms with van der Waals surface area (Å²) in [5, 5.41) is 0. The molecular weight excluding hydrogens is 440 g/mol. The first-order valence-corrected chi connectivity index (χ1v) is 12.1. The molecule has 0 radical (unpaired) electrons. The monoisotopic (exact) mass is 470 g/mol. The standard InChI is InChI=1S/C29H30N2O4/c1-3-4-5-6-7-8-18-10-12-19(13-11-18)35-29(34)22-16-15-21-24(26(22)31)28(33)20-14-9-17(2)25(30)23(20)27(21)32/h9-16H,3-8,30-31H2,1-2H3. The topological polar surface area (TPSA) is 112 Å². The molecule has 0 unspecified atom stereocenters. The summed E-state index contributed by atoms with van der Waals surface area (Å²) < 4.78 is 5.52. The summed E-state index contributed by atoms with van der Waals surface area (Å²) in [5.41, 5.74) is 15.0. The average molecular weight is 471 g/mol.